The molecule has 7 heteroatoms. The molecule has 3 aromatic rings. The average Bonchev–Trinajstić information content (AvgIpc) is 2.87. The molecule has 3 aromatic carbocycles. The van der Waals surface area contributed by atoms with Gasteiger partial charge in [0.1, 0.15) is 12.3 Å². The van der Waals surface area contributed by atoms with Crippen molar-refractivity contribution in [1.29, 1.82) is 0 Å². The van der Waals surface area contributed by atoms with Crippen molar-refractivity contribution in [1.82, 2.24) is 10.2 Å². The van der Waals surface area contributed by atoms with Gasteiger partial charge in [0.15, 0.2) is 0 Å². The second-order valence-corrected chi connectivity index (χ2v) is 9.53. The summed E-state index contributed by atoms with van der Waals surface area (Å²) in [5.41, 5.74) is 3.09. The van der Waals surface area contributed by atoms with Crippen molar-refractivity contribution < 1.29 is 19.1 Å². The number of amides is 3. The Morgan fingerprint density at radius 1 is 0.833 bits per heavy atom. The second-order valence-electron chi connectivity index (χ2n) is 9.53. The van der Waals surface area contributed by atoms with Crippen molar-refractivity contribution in [2.24, 2.45) is 0 Å². The quantitative estimate of drug-likeness (QED) is 0.469. The van der Waals surface area contributed by atoms with E-state index in [9.17, 15) is 14.4 Å². The molecule has 0 saturated carbocycles. The minimum absolute atomic E-state index is 0.0302. The number of nitrogens with one attached hydrogen (secondary N) is 2. The lowest BCUT2D eigenvalue weighted by Gasteiger charge is -2.23. The first-order chi connectivity index (χ1) is 17.2. The molecule has 0 saturated heterocycles. The van der Waals surface area contributed by atoms with Crippen LogP contribution in [0, 0.1) is 0 Å². The number of methoxy groups -OCH3 is 1. The molecule has 0 heterocycles. The fraction of sp³-hybridized carbons (Fsp3) is 0.276. The number of rotatable bonds is 9. The number of hydrogen-bond donors (Lipinski definition) is 2. The first kappa shape index (κ1) is 26.5. The van der Waals surface area contributed by atoms with Crippen molar-refractivity contribution in [3.63, 3.8) is 0 Å². The van der Waals surface area contributed by atoms with Crippen LogP contribution in [0.4, 0.5) is 5.69 Å². The zero-order valence-electron chi connectivity index (χ0n) is 21.2. The Bertz CT molecular complexity index is 1170. The van der Waals surface area contributed by atoms with E-state index in [1.165, 1.54) is 4.90 Å². The average molecular weight is 488 g/mol. The number of ether oxygens (including phenoxy) is 1. The van der Waals surface area contributed by atoms with Crippen LogP contribution < -0.4 is 15.4 Å². The highest BCUT2D eigenvalue weighted by Gasteiger charge is 2.21. The van der Waals surface area contributed by atoms with Crippen LogP contribution in [0.15, 0.2) is 78.9 Å². The molecule has 0 fully saturated rings. The molecule has 0 radical (unpaired) electrons. The van der Waals surface area contributed by atoms with Gasteiger partial charge in [-0.25, -0.2) is 0 Å². The lowest BCUT2D eigenvalue weighted by molar-refractivity contribution is -0.124. The van der Waals surface area contributed by atoms with Crippen LogP contribution in [0.2, 0.25) is 0 Å². The Labute approximate surface area is 212 Å². The van der Waals surface area contributed by atoms with Crippen molar-refractivity contribution in [3.8, 4) is 5.75 Å². The van der Waals surface area contributed by atoms with Crippen molar-refractivity contribution >= 4 is 23.4 Å². The monoisotopic (exact) mass is 487 g/mol. The molecule has 0 aliphatic rings. The van der Waals surface area contributed by atoms with Gasteiger partial charge in [-0.1, -0.05) is 63.2 Å². The first-order valence-corrected chi connectivity index (χ1v) is 11.8. The van der Waals surface area contributed by atoms with Gasteiger partial charge in [0.2, 0.25) is 11.8 Å². The van der Waals surface area contributed by atoms with Gasteiger partial charge in [0.25, 0.3) is 5.91 Å². The first-order valence-electron chi connectivity index (χ1n) is 11.8. The molecule has 0 spiro atoms. The van der Waals surface area contributed by atoms with E-state index in [1.54, 1.807) is 43.5 Å². The maximum absolute atomic E-state index is 13.3. The summed E-state index contributed by atoms with van der Waals surface area (Å²) in [6.07, 6.45) is 0. The van der Waals surface area contributed by atoms with Gasteiger partial charge >= 0.3 is 0 Å². The van der Waals surface area contributed by atoms with E-state index in [-0.39, 0.29) is 36.9 Å². The number of carbonyl (C=O) groups excluding carboxylic acids is 3. The summed E-state index contributed by atoms with van der Waals surface area (Å²) in [6, 6.07) is 23.8. The number of anilines is 1. The minimum atomic E-state index is -0.421. The molecule has 7 nitrogen and oxygen atoms in total. The van der Waals surface area contributed by atoms with Gasteiger partial charge in [-0.05, 0) is 52.9 Å². The molecule has 0 unspecified atom stereocenters. The third-order valence-electron chi connectivity index (χ3n) is 5.66. The number of benzene rings is 3. The van der Waals surface area contributed by atoms with Gasteiger partial charge in [0, 0.05) is 17.8 Å². The Balaban J connectivity index is 1.64. The van der Waals surface area contributed by atoms with Gasteiger partial charge in [-0.15, -0.1) is 0 Å². The molecule has 0 bridgehead atoms. The normalized spacial score (nSPS) is 10.9. The van der Waals surface area contributed by atoms with Crippen LogP contribution in [0.3, 0.4) is 0 Å². The molecule has 0 aromatic heterocycles. The summed E-state index contributed by atoms with van der Waals surface area (Å²) in [5.74, 6) is -0.364. The number of carbonyl (C=O) groups is 3. The molecule has 188 valence electrons. The van der Waals surface area contributed by atoms with Crippen LogP contribution in [0.1, 0.15) is 42.3 Å². The number of hydrogen-bond acceptors (Lipinski definition) is 4. The van der Waals surface area contributed by atoms with Crippen LogP contribution in [0.5, 0.6) is 5.75 Å². The summed E-state index contributed by atoms with van der Waals surface area (Å²) in [6.45, 7) is 6.22. The Morgan fingerprint density at radius 3 is 2.06 bits per heavy atom. The van der Waals surface area contributed by atoms with Crippen molar-refractivity contribution in [3.05, 3.63) is 95.6 Å². The molecule has 2 N–H and O–H groups in total. The van der Waals surface area contributed by atoms with Gasteiger partial charge in [-0.2, -0.15) is 0 Å². The Kier molecular flexibility index (Phi) is 8.84. The molecular weight excluding hydrogens is 454 g/mol. The van der Waals surface area contributed by atoms with Gasteiger partial charge < -0.3 is 20.3 Å². The smallest absolute Gasteiger partial charge is 0.254 e. The molecular formula is C29H33N3O4. The highest BCUT2D eigenvalue weighted by atomic mass is 16.5. The molecule has 3 rings (SSSR count). The predicted molar refractivity (Wildman–Crippen MR) is 141 cm³/mol. The SMILES string of the molecule is COc1ccc(NC(=O)CNC(=O)CN(Cc2ccccc2)C(=O)c2ccc(C(C)(C)C)cc2)cc1. The van der Waals surface area contributed by atoms with E-state index >= 15 is 0 Å². The third-order valence-corrected chi connectivity index (χ3v) is 5.66. The highest BCUT2D eigenvalue weighted by molar-refractivity contribution is 5.98. The molecule has 0 aliphatic heterocycles. The summed E-state index contributed by atoms with van der Waals surface area (Å²) < 4.78 is 5.10. The fourth-order valence-corrected chi connectivity index (χ4v) is 3.59. The van der Waals surface area contributed by atoms with Crippen LogP contribution in [-0.4, -0.2) is 42.8 Å². The van der Waals surface area contributed by atoms with Crippen LogP contribution in [-0.2, 0) is 21.5 Å². The standard InChI is InChI=1S/C29H33N3O4/c1-29(2,3)23-12-10-22(11-13-23)28(35)32(19-21-8-6-5-7-9-21)20-27(34)30-18-26(33)31-24-14-16-25(36-4)17-15-24/h5-17H,18-20H2,1-4H3,(H,30,34)(H,31,33). The van der Waals surface area contributed by atoms with Crippen LogP contribution in [0.25, 0.3) is 0 Å². The Morgan fingerprint density at radius 2 is 1.47 bits per heavy atom. The molecule has 0 atom stereocenters. The number of nitrogens with zero attached hydrogens (tertiary/aromatic N) is 1. The maximum Gasteiger partial charge on any atom is 0.254 e. The topological polar surface area (TPSA) is 87.7 Å². The van der Waals surface area contributed by atoms with Gasteiger partial charge in [-0.3, -0.25) is 14.4 Å². The summed E-state index contributed by atoms with van der Waals surface area (Å²) in [7, 11) is 1.57. The van der Waals surface area contributed by atoms with E-state index in [0.29, 0.717) is 17.0 Å². The van der Waals surface area contributed by atoms with E-state index in [4.69, 9.17) is 4.74 Å². The fourth-order valence-electron chi connectivity index (χ4n) is 3.59. The summed E-state index contributed by atoms with van der Waals surface area (Å²) in [5, 5.41) is 5.33. The predicted octanol–water partition coefficient (Wildman–Crippen LogP) is 4.39. The maximum atomic E-state index is 13.3. The zero-order chi connectivity index (χ0) is 26.1. The molecule has 3 amide bonds. The highest BCUT2D eigenvalue weighted by Crippen LogP contribution is 2.23. The lowest BCUT2D eigenvalue weighted by Crippen LogP contribution is -2.42. The Hall–Kier alpha value is -4.13. The summed E-state index contributed by atoms with van der Waals surface area (Å²) >= 11 is 0. The molecule has 36 heavy (non-hydrogen) atoms. The van der Waals surface area contributed by atoms with E-state index in [2.05, 4.69) is 31.4 Å². The van der Waals surface area contributed by atoms with E-state index in [0.717, 1.165) is 11.1 Å². The summed E-state index contributed by atoms with van der Waals surface area (Å²) in [4.78, 5) is 39.8. The van der Waals surface area contributed by atoms with Crippen LogP contribution >= 0.6 is 0 Å². The minimum Gasteiger partial charge on any atom is -0.497 e. The molecule has 0 aliphatic carbocycles. The lowest BCUT2D eigenvalue weighted by atomic mass is 9.86. The van der Waals surface area contributed by atoms with E-state index in [1.807, 2.05) is 42.5 Å². The van der Waals surface area contributed by atoms with Gasteiger partial charge in [0.05, 0.1) is 13.7 Å². The van der Waals surface area contributed by atoms with Crippen molar-refractivity contribution in [2.75, 3.05) is 25.5 Å². The third kappa shape index (κ3) is 7.70. The van der Waals surface area contributed by atoms with E-state index < -0.39 is 5.91 Å². The second kappa shape index (κ2) is 12.0. The van der Waals surface area contributed by atoms with Crippen molar-refractivity contribution in [2.45, 2.75) is 32.7 Å². The largest absolute Gasteiger partial charge is 0.497 e. The zero-order valence-corrected chi connectivity index (χ0v) is 21.2.